The molecule has 96 valence electrons. The summed E-state index contributed by atoms with van der Waals surface area (Å²) in [4.78, 5) is 24.6. The number of likely N-dealkylation sites (N-methyl/N-ethyl adjacent to an activating group) is 1. The van der Waals surface area contributed by atoms with Crippen LogP contribution in [0.1, 0.15) is 0 Å². The van der Waals surface area contributed by atoms with Gasteiger partial charge in [0.25, 0.3) is 5.91 Å². The van der Waals surface area contributed by atoms with E-state index in [9.17, 15) is 9.59 Å². The summed E-state index contributed by atoms with van der Waals surface area (Å²) < 4.78 is 0. The molecule has 4 nitrogen and oxygen atoms in total. The summed E-state index contributed by atoms with van der Waals surface area (Å²) in [6, 6.07) is 7.35. The molecule has 0 aliphatic carbocycles. The number of carbonyl (C=O) groups excluding carboxylic acids is 2. The van der Waals surface area contributed by atoms with Crippen LogP contribution in [0.25, 0.3) is 0 Å². The largest absolute Gasteiger partial charge is 0.321 e. The van der Waals surface area contributed by atoms with E-state index < -0.39 is 0 Å². The van der Waals surface area contributed by atoms with Gasteiger partial charge >= 0.3 is 0 Å². The number of nitrogens with zero attached hydrogens (tertiary/aromatic N) is 1. The maximum absolute atomic E-state index is 11.9. The maximum atomic E-state index is 11.9. The van der Waals surface area contributed by atoms with Crippen molar-refractivity contribution in [3.63, 3.8) is 0 Å². The molecule has 1 amide bonds. The quantitative estimate of drug-likeness (QED) is 0.281. The summed E-state index contributed by atoms with van der Waals surface area (Å²) in [5.41, 5.74) is 0.821. The first kappa shape index (κ1) is 14.6. The fraction of sp³-hybridized carbons (Fsp3) is 0.231. The molecule has 18 heavy (non-hydrogen) atoms. The summed E-state index contributed by atoms with van der Waals surface area (Å²) in [7, 11) is 6.28. The van der Waals surface area contributed by atoms with Gasteiger partial charge in [-0.25, -0.2) is 0 Å². The second kappa shape index (κ2) is 7.04. The predicted molar refractivity (Wildman–Crippen MR) is 77.1 cm³/mol. The smallest absolute Gasteiger partial charge is 0.258 e. The zero-order chi connectivity index (χ0) is 13.5. The van der Waals surface area contributed by atoms with E-state index in [2.05, 4.69) is 14.6 Å². The molecule has 1 atom stereocenters. The molecule has 0 spiro atoms. The van der Waals surface area contributed by atoms with E-state index in [0.29, 0.717) is 18.5 Å². The highest BCUT2D eigenvalue weighted by atomic mass is 31.0. The average molecular weight is 264 g/mol. The van der Waals surface area contributed by atoms with Crippen molar-refractivity contribution in [2.45, 2.75) is 0 Å². The van der Waals surface area contributed by atoms with Crippen LogP contribution < -0.4 is 10.6 Å². The molecule has 0 saturated carbocycles. The molecule has 1 rings (SSSR count). The summed E-state index contributed by atoms with van der Waals surface area (Å²) in [6.45, 7) is 0.546. The minimum absolute atomic E-state index is 0.136. The van der Waals surface area contributed by atoms with Gasteiger partial charge < -0.3 is 10.2 Å². The number of hydrogen-bond acceptors (Lipinski definition) is 3. The topological polar surface area (TPSA) is 49.4 Å². The SMILES string of the molecule is CN(C)C/C=C(\C=O)C(=O)Nc1ccccc1P. The standard InChI is InChI=1S/C13H17N2O2P/c1-15(2)8-7-10(9-16)13(17)14-11-5-3-4-6-12(11)18/h3-7,9H,8,18H2,1-2H3,(H,14,17)/b10-7+. The van der Waals surface area contributed by atoms with E-state index in [0.717, 1.165) is 5.30 Å². The van der Waals surface area contributed by atoms with E-state index in [-0.39, 0.29) is 11.5 Å². The number of aldehydes is 1. The molecule has 0 aliphatic heterocycles. The van der Waals surface area contributed by atoms with Crippen LogP contribution in [0.5, 0.6) is 0 Å². The van der Waals surface area contributed by atoms with E-state index in [1.807, 2.05) is 37.2 Å². The Morgan fingerprint density at radius 2 is 2.06 bits per heavy atom. The van der Waals surface area contributed by atoms with Gasteiger partial charge in [0.2, 0.25) is 0 Å². The summed E-state index contributed by atoms with van der Waals surface area (Å²) in [6.07, 6.45) is 2.18. The zero-order valence-corrected chi connectivity index (χ0v) is 11.7. The van der Waals surface area contributed by atoms with Crippen molar-refractivity contribution < 1.29 is 9.59 Å². The molecule has 1 aromatic carbocycles. The van der Waals surface area contributed by atoms with E-state index in [1.165, 1.54) is 0 Å². The Labute approximate surface area is 109 Å². The molecule has 1 aromatic rings. The Morgan fingerprint density at radius 1 is 1.39 bits per heavy atom. The van der Waals surface area contributed by atoms with Crippen molar-refractivity contribution >= 4 is 32.4 Å². The monoisotopic (exact) mass is 264 g/mol. The lowest BCUT2D eigenvalue weighted by molar-refractivity contribution is -0.115. The number of amides is 1. The summed E-state index contributed by atoms with van der Waals surface area (Å²) in [5, 5.41) is 3.59. The summed E-state index contributed by atoms with van der Waals surface area (Å²) in [5.74, 6) is -0.387. The Kier molecular flexibility index (Phi) is 5.69. The zero-order valence-electron chi connectivity index (χ0n) is 10.5. The molecular formula is C13H17N2O2P. The molecule has 1 N–H and O–H groups in total. The first-order valence-corrected chi connectivity index (χ1v) is 6.08. The van der Waals surface area contributed by atoms with Crippen LogP contribution in [0.2, 0.25) is 0 Å². The van der Waals surface area contributed by atoms with Crippen LogP contribution in [0, 0.1) is 0 Å². The third-order valence-corrected chi connectivity index (χ3v) is 2.78. The van der Waals surface area contributed by atoms with Crippen LogP contribution in [-0.2, 0) is 9.59 Å². The van der Waals surface area contributed by atoms with Gasteiger partial charge in [0.15, 0.2) is 6.29 Å². The number of para-hydroxylation sites is 1. The average Bonchev–Trinajstić information content (AvgIpc) is 2.32. The third-order valence-electron chi connectivity index (χ3n) is 2.27. The van der Waals surface area contributed by atoms with Crippen molar-refractivity contribution in [3.8, 4) is 0 Å². The molecule has 0 aliphatic rings. The molecule has 5 heteroatoms. The van der Waals surface area contributed by atoms with Crippen LogP contribution in [0.4, 0.5) is 5.69 Å². The second-order valence-corrected chi connectivity index (χ2v) is 4.70. The highest BCUT2D eigenvalue weighted by Gasteiger charge is 2.09. The van der Waals surface area contributed by atoms with Crippen molar-refractivity contribution in [3.05, 3.63) is 35.9 Å². The molecule has 0 saturated heterocycles. The Balaban J connectivity index is 2.78. The van der Waals surface area contributed by atoms with Crippen molar-refractivity contribution in [1.82, 2.24) is 4.90 Å². The normalized spacial score (nSPS) is 11.4. The number of carbonyl (C=O) groups is 2. The Morgan fingerprint density at radius 3 is 2.61 bits per heavy atom. The molecular weight excluding hydrogens is 247 g/mol. The number of hydrogen-bond donors (Lipinski definition) is 1. The summed E-state index contributed by atoms with van der Waals surface area (Å²) >= 11 is 0. The second-order valence-electron chi connectivity index (χ2n) is 4.08. The van der Waals surface area contributed by atoms with Gasteiger partial charge in [0.05, 0.1) is 5.57 Å². The van der Waals surface area contributed by atoms with Gasteiger partial charge in [-0.3, -0.25) is 9.59 Å². The van der Waals surface area contributed by atoms with Crippen LogP contribution in [0.15, 0.2) is 35.9 Å². The molecule has 0 bridgehead atoms. The van der Waals surface area contributed by atoms with Crippen molar-refractivity contribution in [1.29, 1.82) is 0 Å². The van der Waals surface area contributed by atoms with E-state index in [4.69, 9.17) is 0 Å². The van der Waals surface area contributed by atoms with Crippen LogP contribution in [0.3, 0.4) is 0 Å². The third kappa shape index (κ3) is 4.40. The van der Waals surface area contributed by atoms with Crippen LogP contribution >= 0.6 is 9.24 Å². The van der Waals surface area contributed by atoms with Gasteiger partial charge in [-0.2, -0.15) is 0 Å². The molecule has 0 heterocycles. The highest BCUT2D eigenvalue weighted by Crippen LogP contribution is 2.08. The van der Waals surface area contributed by atoms with Gasteiger partial charge in [0, 0.05) is 12.2 Å². The van der Waals surface area contributed by atoms with Gasteiger partial charge in [-0.15, -0.1) is 9.24 Å². The number of rotatable bonds is 5. The lowest BCUT2D eigenvalue weighted by Crippen LogP contribution is -2.20. The predicted octanol–water partition coefficient (Wildman–Crippen LogP) is 0.812. The number of anilines is 1. The molecule has 1 unspecified atom stereocenters. The number of benzene rings is 1. The lowest BCUT2D eigenvalue weighted by atomic mass is 10.2. The van der Waals surface area contributed by atoms with Crippen molar-refractivity contribution in [2.24, 2.45) is 0 Å². The molecule has 0 radical (unpaired) electrons. The van der Waals surface area contributed by atoms with E-state index in [1.54, 1.807) is 12.1 Å². The molecule has 0 fully saturated rings. The maximum Gasteiger partial charge on any atom is 0.258 e. The minimum Gasteiger partial charge on any atom is -0.321 e. The van der Waals surface area contributed by atoms with Crippen molar-refractivity contribution in [2.75, 3.05) is 26.0 Å². The van der Waals surface area contributed by atoms with Gasteiger partial charge in [-0.05, 0) is 25.5 Å². The van der Waals surface area contributed by atoms with E-state index >= 15 is 0 Å². The lowest BCUT2D eigenvalue weighted by Gasteiger charge is -2.09. The Bertz CT molecular complexity index is 470. The van der Waals surface area contributed by atoms with Gasteiger partial charge in [0.1, 0.15) is 0 Å². The first-order chi connectivity index (χ1) is 8.54. The van der Waals surface area contributed by atoms with Gasteiger partial charge in [-0.1, -0.05) is 24.3 Å². The first-order valence-electron chi connectivity index (χ1n) is 5.50. The minimum atomic E-state index is -0.387. The Hall–Kier alpha value is -1.51. The fourth-order valence-electron chi connectivity index (χ4n) is 1.28. The number of nitrogens with one attached hydrogen (secondary N) is 1. The molecule has 0 aromatic heterocycles. The highest BCUT2D eigenvalue weighted by molar-refractivity contribution is 7.28. The van der Waals surface area contributed by atoms with Crippen LogP contribution in [-0.4, -0.2) is 37.7 Å². The fourth-order valence-corrected chi connectivity index (χ4v) is 1.56.